The largest absolute Gasteiger partial charge is 0.337 e. The van der Waals surface area contributed by atoms with Gasteiger partial charge in [-0.05, 0) is 37.8 Å². The Labute approximate surface area is 180 Å². The van der Waals surface area contributed by atoms with Gasteiger partial charge in [0.05, 0.1) is 0 Å². The molecule has 156 valence electrons. The van der Waals surface area contributed by atoms with E-state index in [1.807, 2.05) is 0 Å². The molecular formula is C23H22N6O2. The maximum atomic E-state index is 13.5. The van der Waals surface area contributed by atoms with Crippen LogP contribution in [0.2, 0.25) is 0 Å². The molecule has 1 spiro atoms. The lowest BCUT2D eigenvalue weighted by Gasteiger charge is -2.46. The maximum Gasteiger partial charge on any atom is 0.238 e. The summed E-state index contributed by atoms with van der Waals surface area (Å²) in [7, 11) is 0. The molecule has 2 aromatic heterocycles. The van der Waals surface area contributed by atoms with Gasteiger partial charge in [-0.2, -0.15) is 10.5 Å². The summed E-state index contributed by atoms with van der Waals surface area (Å²) in [6.45, 7) is 1.64. The van der Waals surface area contributed by atoms with Crippen molar-refractivity contribution in [3.8, 4) is 12.1 Å². The van der Waals surface area contributed by atoms with Crippen LogP contribution in [0, 0.1) is 28.1 Å². The summed E-state index contributed by atoms with van der Waals surface area (Å²) in [5, 5.41) is 18.6. The number of rotatable bonds is 4. The molecule has 0 saturated carbocycles. The molecule has 2 fully saturated rings. The molecule has 0 bridgehead atoms. The Balaban J connectivity index is 1.57. The van der Waals surface area contributed by atoms with Crippen LogP contribution in [0.3, 0.4) is 0 Å². The van der Waals surface area contributed by atoms with E-state index in [1.54, 1.807) is 46.5 Å². The van der Waals surface area contributed by atoms with Crippen LogP contribution in [-0.4, -0.2) is 44.7 Å². The summed E-state index contributed by atoms with van der Waals surface area (Å²) in [4.78, 5) is 38.6. The molecule has 4 heterocycles. The third kappa shape index (κ3) is 3.73. The quantitative estimate of drug-likeness (QED) is 0.708. The lowest BCUT2D eigenvalue weighted by atomic mass is 9.72. The first-order valence-electron chi connectivity index (χ1n) is 10.4. The molecule has 4 rings (SSSR count). The normalized spacial score (nSPS) is 18.0. The highest BCUT2D eigenvalue weighted by atomic mass is 16.2. The summed E-state index contributed by atoms with van der Waals surface area (Å²) in [5.74, 6) is -0.347. The number of carbonyl (C=O) groups is 2. The topological polar surface area (TPSA) is 114 Å². The van der Waals surface area contributed by atoms with Crippen LogP contribution in [-0.2, 0) is 22.7 Å². The van der Waals surface area contributed by atoms with Crippen LogP contribution < -0.4 is 0 Å². The molecule has 0 unspecified atom stereocenters. The first-order valence-corrected chi connectivity index (χ1v) is 10.4. The van der Waals surface area contributed by atoms with Gasteiger partial charge in [0.15, 0.2) is 0 Å². The lowest BCUT2D eigenvalue weighted by molar-refractivity contribution is -0.165. The van der Waals surface area contributed by atoms with Crippen molar-refractivity contribution in [3.63, 3.8) is 0 Å². The number of nitriles is 2. The van der Waals surface area contributed by atoms with E-state index in [0.717, 1.165) is 12.8 Å². The summed E-state index contributed by atoms with van der Waals surface area (Å²) in [6.07, 6.45) is 5.60. The molecule has 2 aromatic rings. The monoisotopic (exact) mass is 414 g/mol. The van der Waals surface area contributed by atoms with Gasteiger partial charge in [0, 0.05) is 49.7 Å². The lowest BCUT2D eigenvalue weighted by Crippen LogP contribution is -2.59. The Morgan fingerprint density at radius 2 is 1.29 bits per heavy atom. The van der Waals surface area contributed by atoms with E-state index in [1.165, 1.54) is 0 Å². The van der Waals surface area contributed by atoms with Gasteiger partial charge < -0.3 is 9.80 Å². The number of carbonyl (C=O) groups excluding carboxylic acids is 2. The molecule has 0 N–H and O–H groups in total. The van der Waals surface area contributed by atoms with Gasteiger partial charge in [0.25, 0.3) is 0 Å². The Morgan fingerprint density at radius 1 is 0.839 bits per heavy atom. The zero-order valence-electron chi connectivity index (χ0n) is 17.1. The smallest absolute Gasteiger partial charge is 0.238 e. The second-order valence-corrected chi connectivity index (χ2v) is 7.99. The van der Waals surface area contributed by atoms with E-state index in [-0.39, 0.29) is 24.9 Å². The molecule has 0 aromatic carbocycles. The molecule has 31 heavy (non-hydrogen) atoms. The predicted octanol–water partition coefficient (Wildman–Crippen LogP) is 2.15. The Morgan fingerprint density at radius 3 is 1.71 bits per heavy atom. The number of hydrogen-bond donors (Lipinski definition) is 0. The SMILES string of the molecule is N#Cc1ncccc1CN1CCCC2(CCCN(Cc3cccnc3C#N)C2=O)C1=O. The van der Waals surface area contributed by atoms with Crippen LogP contribution in [0.5, 0.6) is 0 Å². The van der Waals surface area contributed by atoms with E-state index in [0.29, 0.717) is 48.4 Å². The Kier molecular flexibility index (Phi) is 5.64. The maximum absolute atomic E-state index is 13.5. The van der Waals surface area contributed by atoms with E-state index in [9.17, 15) is 20.1 Å². The molecule has 8 nitrogen and oxygen atoms in total. The fourth-order valence-corrected chi connectivity index (χ4v) is 4.64. The highest BCUT2D eigenvalue weighted by Crippen LogP contribution is 2.41. The van der Waals surface area contributed by atoms with E-state index < -0.39 is 5.41 Å². The van der Waals surface area contributed by atoms with Crippen molar-refractivity contribution in [2.24, 2.45) is 5.41 Å². The van der Waals surface area contributed by atoms with Crippen LogP contribution in [0.25, 0.3) is 0 Å². The zero-order valence-corrected chi connectivity index (χ0v) is 17.1. The highest BCUT2D eigenvalue weighted by molar-refractivity contribution is 6.05. The highest BCUT2D eigenvalue weighted by Gasteiger charge is 2.53. The van der Waals surface area contributed by atoms with Crippen molar-refractivity contribution in [1.29, 1.82) is 10.5 Å². The van der Waals surface area contributed by atoms with Crippen molar-refractivity contribution in [1.82, 2.24) is 19.8 Å². The summed E-state index contributed by atoms with van der Waals surface area (Å²) in [6, 6.07) is 11.2. The molecule has 2 saturated heterocycles. The second kappa shape index (κ2) is 8.53. The van der Waals surface area contributed by atoms with E-state index >= 15 is 0 Å². The van der Waals surface area contributed by atoms with Crippen LogP contribution in [0.4, 0.5) is 0 Å². The first-order chi connectivity index (χ1) is 15.1. The van der Waals surface area contributed by atoms with Gasteiger partial charge in [-0.1, -0.05) is 12.1 Å². The van der Waals surface area contributed by atoms with Gasteiger partial charge >= 0.3 is 0 Å². The first kappa shape index (κ1) is 20.5. The van der Waals surface area contributed by atoms with Crippen LogP contribution in [0.1, 0.15) is 48.2 Å². The van der Waals surface area contributed by atoms with Crippen LogP contribution >= 0.6 is 0 Å². The van der Waals surface area contributed by atoms with Crippen molar-refractivity contribution in [3.05, 3.63) is 59.2 Å². The summed E-state index contributed by atoms with van der Waals surface area (Å²) in [5.41, 5.74) is 0.897. The number of hydrogen-bond acceptors (Lipinski definition) is 6. The number of likely N-dealkylation sites (tertiary alicyclic amines) is 2. The predicted molar refractivity (Wildman–Crippen MR) is 110 cm³/mol. The van der Waals surface area contributed by atoms with Gasteiger partial charge in [0.2, 0.25) is 11.8 Å². The Bertz CT molecular complexity index is 1010. The van der Waals surface area contributed by atoms with Crippen molar-refractivity contribution in [2.45, 2.75) is 38.8 Å². The second-order valence-electron chi connectivity index (χ2n) is 7.99. The fraction of sp³-hybridized carbons (Fsp3) is 0.391. The Hall–Kier alpha value is -3.78. The minimum atomic E-state index is -1.07. The molecule has 2 amide bonds. The average molecular weight is 414 g/mol. The standard InChI is InChI=1S/C23H22N6O2/c24-13-19-17(5-1-9-26-19)15-28-11-3-7-23(21(28)30)8-4-12-29(22(23)31)16-18-6-2-10-27-20(18)14-25/h1-2,5-6,9-10H,3-4,7-8,11-12,15-16H2. The zero-order chi connectivity index (χ0) is 21.8. The number of pyridine rings is 2. The van der Waals surface area contributed by atoms with Gasteiger partial charge in [0.1, 0.15) is 28.9 Å². The van der Waals surface area contributed by atoms with E-state index in [4.69, 9.17) is 0 Å². The van der Waals surface area contributed by atoms with Gasteiger partial charge in [-0.25, -0.2) is 9.97 Å². The third-order valence-corrected chi connectivity index (χ3v) is 6.17. The summed E-state index contributed by atoms with van der Waals surface area (Å²) < 4.78 is 0. The summed E-state index contributed by atoms with van der Waals surface area (Å²) >= 11 is 0. The number of aromatic nitrogens is 2. The van der Waals surface area contributed by atoms with Gasteiger partial charge in [-0.3, -0.25) is 9.59 Å². The molecule has 2 aliphatic rings. The average Bonchev–Trinajstić information content (AvgIpc) is 2.80. The fourth-order valence-electron chi connectivity index (χ4n) is 4.64. The minimum Gasteiger partial charge on any atom is -0.337 e. The third-order valence-electron chi connectivity index (χ3n) is 6.17. The van der Waals surface area contributed by atoms with E-state index in [2.05, 4.69) is 22.1 Å². The number of amides is 2. The molecule has 2 aliphatic heterocycles. The molecule has 0 aliphatic carbocycles. The van der Waals surface area contributed by atoms with Crippen molar-refractivity contribution < 1.29 is 9.59 Å². The molecule has 0 atom stereocenters. The minimum absolute atomic E-state index is 0.173. The van der Waals surface area contributed by atoms with Crippen molar-refractivity contribution in [2.75, 3.05) is 13.1 Å². The van der Waals surface area contributed by atoms with Crippen LogP contribution in [0.15, 0.2) is 36.7 Å². The number of piperidine rings is 2. The molecule has 8 heteroatoms. The number of nitrogens with zero attached hydrogens (tertiary/aromatic N) is 6. The van der Waals surface area contributed by atoms with Crippen molar-refractivity contribution >= 4 is 11.8 Å². The molecule has 0 radical (unpaired) electrons. The van der Waals surface area contributed by atoms with Gasteiger partial charge in [-0.15, -0.1) is 0 Å². The molecular weight excluding hydrogens is 392 g/mol.